The van der Waals surface area contributed by atoms with E-state index in [1.54, 1.807) is 89.1 Å². The lowest BCUT2D eigenvalue weighted by molar-refractivity contribution is -0.181. The Hall–Kier alpha value is -8.30. The van der Waals surface area contributed by atoms with Crippen molar-refractivity contribution in [2.24, 2.45) is 17.8 Å². The Bertz CT molecular complexity index is 3710. The van der Waals surface area contributed by atoms with Crippen LogP contribution in [-0.2, 0) is 87.3 Å². The Kier molecular flexibility index (Phi) is 67.1. The van der Waals surface area contributed by atoms with Gasteiger partial charge in [0.25, 0.3) is 17.8 Å². The number of hydrogen-bond acceptors (Lipinski definition) is 31. The maximum absolute atomic E-state index is 14.6. The standard InChI is InChI=1S/C51H69ClN6O12.C14H28N2O6S2.C11H21NO7.C7H16O4.2CH4/c1-10-38(29-59)68-42(66-9)30-67-50(64)54-25-23-41(60)56-43(31(2)3)48(63)69-49(33(6)7)70-51(65)53-24-14-26-57(46(61)36-19-17-34(8)18-20-36)44(32(4)5)45-55-40-27-37(52)21-22-39(40)47(62)58(45)28-35-15-12-11-13-16-35;1-4-11(9-17)22-13(20-2)10-21-14(19)16-6-5-12(18)15-7-8-24-23-3;1-3-8(6-13)19-10(17-2)7-18-11(16)12-5-4-9(14)15;1-3-6(4-8)11-7(5-9)10-2;;/h11-13,15-22,27,31-33,38,42-44,49,59H,10,14,23-26,28-30H2,1-9H3,(H,53,65)(H,54,64)(H,56,60);11,13,17H,4-10H2,1-3H3,(H,15,18)(H,16,19);8,10,13H,3-7H2,1-2H3,(H,12,16)(H,14,15);6-9H,3-5H2,1-2H3;2*1H4/t38?,42?,43-,44+,49?;;;;;/m0...../s1. The maximum Gasteiger partial charge on any atom is 0.410 e. The van der Waals surface area contributed by atoms with Gasteiger partial charge in [0.15, 0.2) is 25.2 Å². The molecule has 0 radical (unpaired) electrons. The fourth-order valence-electron chi connectivity index (χ4n) is 10.6. The molecule has 0 aliphatic rings. The zero-order valence-electron chi connectivity index (χ0n) is 74.1. The average molecular weight is 1850 g/mol. The number of methoxy groups -OCH3 is 4. The lowest BCUT2D eigenvalue weighted by atomic mass is 9.98. The minimum Gasteiger partial charge on any atom is -0.481 e. The van der Waals surface area contributed by atoms with Crippen LogP contribution >= 0.6 is 33.2 Å². The second-order valence-electron chi connectivity index (χ2n) is 28.4. The number of carbonyl (C=O) groups excluding carboxylic acids is 8. The number of carbonyl (C=O) groups is 9. The molecule has 9 unspecified atom stereocenters. The zero-order valence-corrected chi connectivity index (χ0v) is 76.5. The molecule has 4 rings (SSSR count). The van der Waals surface area contributed by atoms with Gasteiger partial charge in [-0.05, 0) is 93.0 Å². The van der Waals surface area contributed by atoms with Crippen LogP contribution in [0.4, 0.5) is 19.2 Å². The van der Waals surface area contributed by atoms with Gasteiger partial charge in [-0.1, -0.05) is 165 Å². The number of rotatable bonds is 56. The molecule has 0 bridgehead atoms. The Balaban J connectivity index is 0. The molecular weight excluding hydrogens is 1710 g/mol. The fraction of sp³-hybridized carbons (Fsp3) is 0.659. The number of hydrogen-bond donors (Lipinski definition) is 12. The lowest BCUT2D eigenvalue weighted by Gasteiger charge is -2.35. The van der Waals surface area contributed by atoms with Gasteiger partial charge in [0.2, 0.25) is 11.8 Å². The van der Waals surface area contributed by atoms with Crippen LogP contribution in [0, 0.1) is 24.7 Å². The zero-order chi connectivity index (χ0) is 93.1. The summed E-state index contributed by atoms with van der Waals surface area (Å²) in [5.74, 6) is -2.75. The predicted molar refractivity (Wildman–Crippen MR) is 478 cm³/mol. The number of nitrogens with zero attached hydrogens (tertiary/aromatic N) is 3. The largest absolute Gasteiger partial charge is 0.481 e. The highest BCUT2D eigenvalue weighted by atomic mass is 35.5. The second kappa shape index (κ2) is 70.7. The molecule has 0 saturated heterocycles. The summed E-state index contributed by atoms with van der Waals surface area (Å²) >= 11 is 6.40. The number of carboxylic acids is 1. The molecule has 11 atom stereocenters. The van der Waals surface area contributed by atoms with Crippen LogP contribution in [0.2, 0.25) is 5.02 Å². The number of alkyl carbamates (subject to hydrolysis) is 4. The molecule has 41 heteroatoms. The molecule has 3 aromatic carbocycles. The molecule has 0 aliphatic carbocycles. The van der Waals surface area contributed by atoms with Crippen LogP contribution < -0.4 is 37.5 Å². The van der Waals surface area contributed by atoms with Gasteiger partial charge in [0, 0.05) is 103 Å². The molecule has 126 heavy (non-hydrogen) atoms. The van der Waals surface area contributed by atoms with E-state index < -0.39 is 104 Å². The highest BCUT2D eigenvalue weighted by Crippen LogP contribution is 2.31. The molecular formula is C85H142ClN9O29S2. The second-order valence-corrected chi connectivity index (χ2v) is 31.5. The van der Waals surface area contributed by atoms with Crippen molar-refractivity contribution in [3.05, 3.63) is 111 Å². The van der Waals surface area contributed by atoms with Crippen molar-refractivity contribution in [2.75, 3.05) is 133 Å². The van der Waals surface area contributed by atoms with E-state index in [4.69, 9.17) is 104 Å². The van der Waals surface area contributed by atoms with Gasteiger partial charge in [-0.3, -0.25) is 28.5 Å². The van der Waals surface area contributed by atoms with E-state index in [-0.39, 0.29) is 174 Å². The van der Waals surface area contributed by atoms with Gasteiger partial charge in [0.1, 0.15) is 31.7 Å². The molecule has 12 N–H and O–H groups in total. The fourth-order valence-corrected chi connectivity index (χ4v) is 11.9. The monoisotopic (exact) mass is 1850 g/mol. The number of aliphatic hydroxyl groups is 5. The van der Waals surface area contributed by atoms with Crippen molar-refractivity contribution in [1.29, 1.82) is 0 Å². The number of aromatic nitrogens is 2. The van der Waals surface area contributed by atoms with Crippen LogP contribution in [0.3, 0.4) is 0 Å². The molecule has 720 valence electrons. The van der Waals surface area contributed by atoms with Crippen molar-refractivity contribution in [1.82, 2.24) is 46.4 Å². The van der Waals surface area contributed by atoms with E-state index in [0.29, 0.717) is 59.5 Å². The smallest absolute Gasteiger partial charge is 0.410 e. The number of aryl methyl sites for hydroxylation is 1. The summed E-state index contributed by atoms with van der Waals surface area (Å²) in [5.41, 5.74) is 2.39. The number of esters is 1. The van der Waals surface area contributed by atoms with E-state index in [2.05, 4.69) is 31.9 Å². The van der Waals surface area contributed by atoms with E-state index in [0.717, 1.165) is 16.9 Å². The maximum atomic E-state index is 14.6. The Labute approximate surface area is 753 Å². The summed E-state index contributed by atoms with van der Waals surface area (Å²) in [6.07, 6.45) is -4.45. The third-order valence-corrected chi connectivity index (χ3v) is 19.8. The quantitative estimate of drug-likeness (QED) is 0.00645. The minimum atomic E-state index is -1.33. The van der Waals surface area contributed by atoms with Crippen molar-refractivity contribution < 1.29 is 135 Å². The third-order valence-electron chi connectivity index (χ3n) is 17.7. The first kappa shape index (κ1) is 120. The van der Waals surface area contributed by atoms with Crippen molar-refractivity contribution in [2.45, 2.75) is 217 Å². The predicted octanol–water partition coefficient (Wildman–Crippen LogP) is 8.85. The number of carboxylic acid groups (broad SMARTS) is 1. The van der Waals surface area contributed by atoms with Crippen LogP contribution in [0.25, 0.3) is 10.9 Å². The van der Waals surface area contributed by atoms with Crippen molar-refractivity contribution >= 4 is 98.1 Å². The molecule has 0 saturated carbocycles. The summed E-state index contributed by atoms with van der Waals surface area (Å²) < 4.78 is 68.9. The molecule has 38 nitrogen and oxygen atoms in total. The third kappa shape index (κ3) is 49.9. The number of benzene rings is 3. The summed E-state index contributed by atoms with van der Waals surface area (Å²) in [5, 5.41) is 69.2. The number of aliphatic carboxylic acids is 1. The number of nitrogens with one attached hydrogen (secondary N) is 6. The normalized spacial score (nSPS) is 13.5. The number of halogens is 1. The van der Waals surface area contributed by atoms with E-state index in [1.807, 2.05) is 97.2 Å². The van der Waals surface area contributed by atoms with E-state index >= 15 is 0 Å². The van der Waals surface area contributed by atoms with Crippen LogP contribution in [0.5, 0.6) is 0 Å². The van der Waals surface area contributed by atoms with Gasteiger partial charge < -0.3 is 129 Å². The van der Waals surface area contributed by atoms with E-state index in [1.165, 1.54) is 28.4 Å². The van der Waals surface area contributed by atoms with Gasteiger partial charge in [-0.25, -0.2) is 29.0 Å². The molecule has 4 aromatic rings. The molecule has 0 fully saturated rings. The van der Waals surface area contributed by atoms with E-state index in [9.17, 15) is 53.1 Å². The number of aliphatic hydroxyl groups excluding tert-OH is 5. The molecule has 0 spiro atoms. The first-order chi connectivity index (χ1) is 59.2. The van der Waals surface area contributed by atoms with Crippen LogP contribution in [0.15, 0.2) is 77.6 Å². The van der Waals surface area contributed by atoms with Crippen molar-refractivity contribution in [3.8, 4) is 0 Å². The Morgan fingerprint density at radius 3 is 1.42 bits per heavy atom. The Morgan fingerprint density at radius 2 is 1.00 bits per heavy atom. The molecule has 0 aliphatic heterocycles. The molecule has 1 heterocycles. The van der Waals surface area contributed by atoms with Crippen molar-refractivity contribution in [3.63, 3.8) is 0 Å². The summed E-state index contributed by atoms with van der Waals surface area (Å²) in [7, 11) is 8.96. The number of ether oxygens (including phenoxy) is 13. The molecule has 1 aromatic heterocycles. The summed E-state index contributed by atoms with van der Waals surface area (Å²) in [4.78, 5) is 132. The SMILES string of the molecule is C.C.CCC(CO)OC(CO)OC.CCC(CO)OC(COC(=O)NCCC(=O)NCCSSC)OC.CCC(CO)OC(COC(=O)NCCC(=O)N[C@H](C(=O)OC(OC(=O)NCCCN(C(=O)c1ccc(C)cc1)[C@@H](c1nc2cc(Cl)ccc2c(=O)n1Cc1ccccc1)C(C)C)C(C)C)C(C)C)OC.CCC(CO)OC(COC(=O)NCCC(=O)O)OC. The van der Waals surface area contributed by atoms with Gasteiger partial charge in [-0.15, -0.1) is 0 Å². The lowest BCUT2D eigenvalue weighted by Crippen LogP contribution is -2.48. The highest BCUT2D eigenvalue weighted by Gasteiger charge is 2.35. The van der Waals surface area contributed by atoms with Gasteiger partial charge in [0.05, 0.1) is 87.4 Å². The number of fused-ring (bicyclic) bond motifs is 1. The minimum absolute atomic E-state index is 0. The first-order valence-corrected chi connectivity index (χ1v) is 44.0. The van der Waals surface area contributed by atoms with Gasteiger partial charge >= 0.3 is 36.3 Å². The topological polar surface area (TPSA) is 505 Å². The van der Waals surface area contributed by atoms with Crippen LogP contribution in [-0.4, -0.2) is 294 Å². The average Bonchev–Trinajstić information content (AvgIpc) is 0.758. The van der Waals surface area contributed by atoms with Gasteiger partial charge in [-0.2, -0.15) is 0 Å². The summed E-state index contributed by atoms with van der Waals surface area (Å²) in [6, 6.07) is 19.8. The van der Waals surface area contributed by atoms with Crippen LogP contribution in [0.1, 0.15) is 169 Å². The Morgan fingerprint density at radius 1 is 0.540 bits per heavy atom. The first-order valence-electron chi connectivity index (χ1n) is 40.9. The highest BCUT2D eigenvalue weighted by molar-refractivity contribution is 8.76. The number of amides is 7. The summed E-state index contributed by atoms with van der Waals surface area (Å²) in [6.45, 7) is 19.9. The molecule has 7 amide bonds.